The van der Waals surface area contributed by atoms with Crippen LogP contribution in [0.3, 0.4) is 0 Å². The molecule has 0 bridgehead atoms. The van der Waals surface area contributed by atoms with Gasteiger partial charge < -0.3 is 9.72 Å². The Kier molecular flexibility index (Phi) is 12.9. The summed E-state index contributed by atoms with van der Waals surface area (Å²) in [5.41, 5.74) is 0.549. The normalized spacial score (nSPS) is 11.0. The molecule has 26 heavy (non-hydrogen) atoms. The summed E-state index contributed by atoms with van der Waals surface area (Å²) in [6.07, 6.45) is 19.2. The van der Waals surface area contributed by atoms with E-state index in [1.807, 2.05) is 0 Å². The van der Waals surface area contributed by atoms with E-state index in [0.717, 1.165) is 12.8 Å². The molecule has 1 rings (SSSR count). The number of nitrogens with one attached hydrogen (secondary N) is 1. The number of rotatable bonds is 16. The SMILES string of the molecule is CCCCCCCCCCCCCCCc1c[nH]c(C(=O)OCC)c1F. The van der Waals surface area contributed by atoms with Gasteiger partial charge in [-0.25, -0.2) is 9.18 Å². The van der Waals surface area contributed by atoms with Crippen molar-refractivity contribution in [3.05, 3.63) is 23.3 Å². The zero-order chi connectivity index (χ0) is 19.0. The van der Waals surface area contributed by atoms with Gasteiger partial charge in [-0.05, 0) is 19.8 Å². The number of unbranched alkanes of at least 4 members (excludes halogenated alkanes) is 12. The molecule has 0 saturated carbocycles. The molecular formula is C22H38FNO2. The molecule has 0 spiro atoms. The van der Waals surface area contributed by atoms with Crippen LogP contribution in [0.15, 0.2) is 6.20 Å². The Hall–Kier alpha value is -1.32. The summed E-state index contributed by atoms with van der Waals surface area (Å²) in [6.45, 7) is 4.23. The van der Waals surface area contributed by atoms with Gasteiger partial charge in [0.15, 0.2) is 11.5 Å². The van der Waals surface area contributed by atoms with Crippen molar-refractivity contribution in [1.29, 1.82) is 0 Å². The van der Waals surface area contributed by atoms with Crippen LogP contribution in [0.25, 0.3) is 0 Å². The lowest BCUT2D eigenvalue weighted by molar-refractivity contribution is 0.0514. The minimum absolute atomic E-state index is 0.0449. The molecule has 0 saturated heterocycles. The molecule has 0 aliphatic heterocycles. The Morgan fingerprint density at radius 3 is 1.88 bits per heavy atom. The van der Waals surface area contributed by atoms with Gasteiger partial charge in [0.2, 0.25) is 0 Å². The van der Waals surface area contributed by atoms with Crippen LogP contribution < -0.4 is 0 Å². The lowest BCUT2D eigenvalue weighted by Crippen LogP contribution is -2.07. The maximum absolute atomic E-state index is 14.1. The second-order valence-corrected chi connectivity index (χ2v) is 7.22. The molecule has 1 heterocycles. The quantitative estimate of drug-likeness (QED) is 0.253. The van der Waals surface area contributed by atoms with Gasteiger partial charge in [0.1, 0.15) is 0 Å². The Balaban J connectivity index is 1.99. The topological polar surface area (TPSA) is 42.1 Å². The van der Waals surface area contributed by atoms with Crippen molar-refractivity contribution in [2.24, 2.45) is 0 Å². The van der Waals surface area contributed by atoms with Crippen molar-refractivity contribution in [2.75, 3.05) is 6.61 Å². The van der Waals surface area contributed by atoms with Gasteiger partial charge in [-0.3, -0.25) is 0 Å². The number of aromatic amines is 1. The maximum Gasteiger partial charge on any atom is 0.357 e. The van der Waals surface area contributed by atoms with Crippen LogP contribution in [0.2, 0.25) is 0 Å². The molecular weight excluding hydrogens is 329 g/mol. The first-order chi connectivity index (χ1) is 12.7. The molecule has 0 amide bonds. The maximum atomic E-state index is 14.1. The highest BCUT2D eigenvalue weighted by atomic mass is 19.1. The summed E-state index contributed by atoms with van der Waals surface area (Å²) in [4.78, 5) is 14.3. The van der Waals surface area contributed by atoms with Crippen LogP contribution >= 0.6 is 0 Å². The lowest BCUT2D eigenvalue weighted by atomic mass is 10.0. The number of aromatic nitrogens is 1. The Morgan fingerprint density at radius 2 is 1.38 bits per heavy atom. The molecule has 0 atom stereocenters. The Bertz CT molecular complexity index is 484. The predicted octanol–water partition coefficient (Wildman–Crippen LogP) is 6.96. The first-order valence-corrected chi connectivity index (χ1v) is 10.7. The van der Waals surface area contributed by atoms with Crippen LogP contribution in [-0.4, -0.2) is 17.6 Å². The number of carbonyl (C=O) groups excluding carboxylic acids is 1. The molecule has 0 radical (unpaired) electrons. The molecule has 1 aromatic heterocycles. The zero-order valence-electron chi connectivity index (χ0n) is 16.9. The summed E-state index contributed by atoms with van der Waals surface area (Å²) in [5.74, 6) is -1.05. The fourth-order valence-electron chi connectivity index (χ4n) is 3.31. The number of esters is 1. The van der Waals surface area contributed by atoms with Gasteiger partial charge in [0, 0.05) is 11.8 Å². The fourth-order valence-corrected chi connectivity index (χ4v) is 3.31. The first kappa shape index (κ1) is 22.7. The van der Waals surface area contributed by atoms with Gasteiger partial charge in [-0.15, -0.1) is 0 Å². The third-order valence-corrected chi connectivity index (χ3v) is 4.92. The lowest BCUT2D eigenvalue weighted by Gasteiger charge is -2.03. The molecule has 150 valence electrons. The van der Waals surface area contributed by atoms with E-state index in [2.05, 4.69) is 11.9 Å². The monoisotopic (exact) mass is 367 g/mol. The minimum Gasteiger partial charge on any atom is -0.461 e. The van der Waals surface area contributed by atoms with Gasteiger partial charge >= 0.3 is 5.97 Å². The van der Waals surface area contributed by atoms with Crippen LogP contribution in [0, 0.1) is 5.82 Å². The van der Waals surface area contributed by atoms with Crippen molar-refractivity contribution in [2.45, 2.75) is 104 Å². The first-order valence-electron chi connectivity index (χ1n) is 10.7. The van der Waals surface area contributed by atoms with E-state index in [1.54, 1.807) is 13.1 Å². The number of hydrogen-bond acceptors (Lipinski definition) is 2. The van der Waals surface area contributed by atoms with E-state index >= 15 is 0 Å². The highest BCUT2D eigenvalue weighted by molar-refractivity contribution is 5.88. The highest BCUT2D eigenvalue weighted by Gasteiger charge is 2.18. The van der Waals surface area contributed by atoms with Gasteiger partial charge in [-0.1, -0.05) is 84.0 Å². The average molecular weight is 368 g/mol. The summed E-state index contributed by atoms with van der Waals surface area (Å²) < 4.78 is 19.0. The van der Waals surface area contributed by atoms with Crippen molar-refractivity contribution >= 4 is 5.97 Å². The molecule has 0 aliphatic rings. The molecule has 0 aliphatic carbocycles. The predicted molar refractivity (Wildman–Crippen MR) is 106 cm³/mol. The standard InChI is InChI=1S/C22H38FNO2/c1-3-5-6-7-8-9-10-11-12-13-14-15-16-17-19-18-24-21(20(19)23)22(25)26-4-2/h18,24H,3-17H2,1-2H3. The minimum atomic E-state index is -0.610. The number of carbonyl (C=O) groups is 1. The summed E-state index contributed by atoms with van der Waals surface area (Å²) in [7, 11) is 0. The van der Waals surface area contributed by atoms with Crippen molar-refractivity contribution in [1.82, 2.24) is 4.98 Å². The van der Waals surface area contributed by atoms with E-state index in [1.165, 1.54) is 70.6 Å². The summed E-state index contributed by atoms with van der Waals surface area (Å²) >= 11 is 0. The fraction of sp³-hybridized carbons (Fsp3) is 0.773. The van der Waals surface area contributed by atoms with Gasteiger partial charge in [0.25, 0.3) is 0 Å². The van der Waals surface area contributed by atoms with Gasteiger partial charge in [-0.2, -0.15) is 0 Å². The molecule has 3 nitrogen and oxygen atoms in total. The van der Waals surface area contributed by atoms with E-state index in [4.69, 9.17) is 4.74 Å². The van der Waals surface area contributed by atoms with Crippen molar-refractivity contribution in [3.8, 4) is 0 Å². The Labute approximate surface area is 159 Å². The Morgan fingerprint density at radius 1 is 0.885 bits per heavy atom. The summed E-state index contributed by atoms with van der Waals surface area (Å²) in [6, 6.07) is 0. The molecule has 0 fully saturated rings. The second kappa shape index (κ2) is 14.8. The molecule has 4 heteroatoms. The third-order valence-electron chi connectivity index (χ3n) is 4.92. The zero-order valence-corrected chi connectivity index (χ0v) is 16.9. The molecule has 1 aromatic rings. The van der Waals surface area contributed by atoms with E-state index in [9.17, 15) is 9.18 Å². The van der Waals surface area contributed by atoms with Crippen molar-refractivity contribution < 1.29 is 13.9 Å². The number of H-pyrrole nitrogens is 1. The van der Waals surface area contributed by atoms with E-state index < -0.39 is 11.8 Å². The van der Waals surface area contributed by atoms with E-state index in [0.29, 0.717) is 12.0 Å². The molecule has 1 N–H and O–H groups in total. The highest BCUT2D eigenvalue weighted by Crippen LogP contribution is 2.17. The second-order valence-electron chi connectivity index (χ2n) is 7.22. The number of halogens is 1. The van der Waals surface area contributed by atoms with Gasteiger partial charge in [0.05, 0.1) is 6.61 Å². The van der Waals surface area contributed by atoms with Crippen molar-refractivity contribution in [3.63, 3.8) is 0 Å². The van der Waals surface area contributed by atoms with Crippen LogP contribution in [-0.2, 0) is 11.2 Å². The average Bonchev–Trinajstić information content (AvgIpc) is 3.00. The van der Waals surface area contributed by atoms with E-state index in [-0.39, 0.29) is 12.3 Å². The van der Waals surface area contributed by atoms with Crippen LogP contribution in [0.5, 0.6) is 0 Å². The number of aryl methyl sites for hydroxylation is 1. The largest absolute Gasteiger partial charge is 0.461 e. The van der Waals surface area contributed by atoms with Crippen LogP contribution in [0.4, 0.5) is 4.39 Å². The number of hydrogen-bond donors (Lipinski definition) is 1. The summed E-state index contributed by atoms with van der Waals surface area (Å²) in [5, 5.41) is 0. The number of ether oxygens (including phenoxy) is 1. The molecule has 0 unspecified atom stereocenters. The van der Waals surface area contributed by atoms with Crippen LogP contribution in [0.1, 0.15) is 113 Å². The third kappa shape index (κ3) is 9.40. The smallest absolute Gasteiger partial charge is 0.357 e. The molecule has 0 aromatic carbocycles.